The monoisotopic (exact) mass is 566 g/mol. The Hall–Kier alpha value is -3.27. The summed E-state index contributed by atoms with van der Waals surface area (Å²) in [6.45, 7) is 6.83. The van der Waals surface area contributed by atoms with Crippen LogP contribution in [0.15, 0.2) is 71.9 Å². The smallest absolute Gasteiger partial charge is 0.256 e. The largest absolute Gasteiger partial charge is 0.370 e. The minimum atomic E-state index is -0.126. The number of fused-ring (bicyclic) bond motifs is 1. The van der Waals surface area contributed by atoms with Crippen molar-refractivity contribution in [3.05, 3.63) is 83.0 Å². The molecule has 3 aromatic rings. The maximum absolute atomic E-state index is 13.3. The van der Waals surface area contributed by atoms with Crippen LogP contribution in [0.1, 0.15) is 22.0 Å². The number of nitrogens with one attached hydrogen (secondary N) is 1. The van der Waals surface area contributed by atoms with Gasteiger partial charge in [0.15, 0.2) is 0 Å². The maximum Gasteiger partial charge on any atom is 0.256 e. The number of halogens is 1. The van der Waals surface area contributed by atoms with Crippen molar-refractivity contribution in [2.75, 3.05) is 39.8 Å². The quantitative estimate of drug-likeness (QED) is 0.365. The Bertz CT molecular complexity index is 1270. The Labute approximate surface area is 225 Å². The van der Waals surface area contributed by atoms with Gasteiger partial charge in [-0.05, 0) is 36.9 Å². The summed E-state index contributed by atoms with van der Waals surface area (Å²) in [6.07, 6.45) is 3.85. The molecular formula is C28H31BrN4O4. The number of rotatable bonds is 6. The van der Waals surface area contributed by atoms with E-state index in [1.165, 1.54) is 6.08 Å². The normalized spacial score (nSPS) is 17.5. The van der Waals surface area contributed by atoms with E-state index in [4.69, 9.17) is 4.74 Å². The third kappa shape index (κ3) is 6.18. The van der Waals surface area contributed by atoms with Crippen LogP contribution in [-0.2, 0) is 20.9 Å². The van der Waals surface area contributed by atoms with Crippen LogP contribution in [0.25, 0.3) is 10.9 Å². The molecule has 1 atom stereocenters. The molecule has 3 heterocycles. The first-order valence-corrected chi connectivity index (χ1v) is 13.0. The predicted molar refractivity (Wildman–Crippen MR) is 146 cm³/mol. The highest BCUT2D eigenvalue weighted by Crippen LogP contribution is 2.28. The molecule has 5 rings (SSSR count). The molecule has 37 heavy (non-hydrogen) atoms. The molecule has 0 spiro atoms. The lowest BCUT2D eigenvalue weighted by Gasteiger charge is -2.38. The molecule has 2 aliphatic rings. The number of likely N-dealkylation sites (tertiary alicyclic amines) is 1. The SMILES string of the molecule is C=CC(=O)N1CC(NC)C1.O=CCn1cc(C(=O)N2CCOC(c3ccccc3)C2)c2cc(Br)ccc21. The Morgan fingerprint density at radius 3 is 2.57 bits per heavy atom. The van der Waals surface area contributed by atoms with Crippen molar-refractivity contribution in [2.45, 2.75) is 18.7 Å². The molecule has 2 fully saturated rings. The predicted octanol–water partition coefficient (Wildman–Crippen LogP) is 3.42. The number of nitrogens with zero attached hydrogens (tertiary/aromatic N) is 3. The fraction of sp³-hybridized carbons (Fsp3) is 0.321. The number of benzene rings is 2. The Morgan fingerprint density at radius 2 is 1.89 bits per heavy atom. The lowest BCUT2D eigenvalue weighted by atomic mass is 10.1. The van der Waals surface area contributed by atoms with E-state index >= 15 is 0 Å². The topological polar surface area (TPSA) is 83.9 Å². The lowest BCUT2D eigenvalue weighted by Crippen LogP contribution is -2.58. The summed E-state index contributed by atoms with van der Waals surface area (Å²) in [6, 6.07) is 16.2. The second-order valence-electron chi connectivity index (χ2n) is 8.98. The summed E-state index contributed by atoms with van der Waals surface area (Å²) in [5, 5.41) is 3.93. The van der Waals surface area contributed by atoms with Crippen molar-refractivity contribution < 1.29 is 19.1 Å². The van der Waals surface area contributed by atoms with Crippen molar-refractivity contribution in [3.63, 3.8) is 0 Å². The van der Waals surface area contributed by atoms with Gasteiger partial charge in [0, 0.05) is 47.2 Å². The van der Waals surface area contributed by atoms with Crippen LogP contribution < -0.4 is 5.32 Å². The number of morpholine rings is 1. The van der Waals surface area contributed by atoms with Gasteiger partial charge >= 0.3 is 0 Å². The fourth-order valence-electron chi connectivity index (χ4n) is 4.51. The molecule has 194 valence electrons. The Morgan fingerprint density at radius 1 is 1.14 bits per heavy atom. The molecule has 0 radical (unpaired) electrons. The summed E-state index contributed by atoms with van der Waals surface area (Å²) in [5.74, 6) is -0.00141. The Kier molecular flexibility index (Phi) is 8.91. The van der Waals surface area contributed by atoms with Crippen molar-refractivity contribution in [3.8, 4) is 0 Å². The average molecular weight is 567 g/mol. The van der Waals surface area contributed by atoms with E-state index in [-0.39, 0.29) is 24.5 Å². The molecule has 9 heteroatoms. The molecule has 8 nitrogen and oxygen atoms in total. The van der Waals surface area contributed by atoms with Gasteiger partial charge in [-0.2, -0.15) is 0 Å². The molecule has 1 unspecified atom stereocenters. The van der Waals surface area contributed by atoms with Gasteiger partial charge in [0.25, 0.3) is 5.91 Å². The second-order valence-corrected chi connectivity index (χ2v) is 9.89. The van der Waals surface area contributed by atoms with E-state index in [0.717, 1.165) is 40.3 Å². The zero-order valence-corrected chi connectivity index (χ0v) is 22.4. The summed E-state index contributed by atoms with van der Waals surface area (Å²) in [7, 11) is 1.90. The van der Waals surface area contributed by atoms with Gasteiger partial charge in [-0.3, -0.25) is 9.59 Å². The molecule has 0 saturated carbocycles. The summed E-state index contributed by atoms with van der Waals surface area (Å²) in [4.78, 5) is 38.7. The number of aldehydes is 1. The van der Waals surface area contributed by atoms with Gasteiger partial charge in [-0.15, -0.1) is 0 Å². The van der Waals surface area contributed by atoms with Gasteiger partial charge in [0.2, 0.25) is 5.91 Å². The number of ether oxygens (including phenoxy) is 1. The van der Waals surface area contributed by atoms with Crippen molar-refractivity contribution in [1.29, 1.82) is 0 Å². The number of aromatic nitrogens is 1. The van der Waals surface area contributed by atoms with Crippen LogP contribution >= 0.6 is 15.9 Å². The first-order valence-electron chi connectivity index (χ1n) is 12.2. The molecule has 2 aromatic carbocycles. The third-order valence-electron chi connectivity index (χ3n) is 6.65. The van der Waals surface area contributed by atoms with Gasteiger partial charge < -0.3 is 29.2 Å². The van der Waals surface area contributed by atoms with Crippen LogP contribution in [-0.4, -0.2) is 78.3 Å². The maximum atomic E-state index is 13.3. The van der Waals surface area contributed by atoms with E-state index in [2.05, 4.69) is 27.8 Å². The van der Waals surface area contributed by atoms with E-state index < -0.39 is 0 Å². The van der Waals surface area contributed by atoms with E-state index in [1.54, 1.807) is 11.1 Å². The van der Waals surface area contributed by atoms with Crippen LogP contribution in [0, 0.1) is 0 Å². The molecule has 0 aliphatic carbocycles. The van der Waals surface area contributed by atoms with Crippen molar-refractivity contribution in [2.24, 2.45) is 0 Å². The number of hydrogen-bond acceptors (Lipinski definition) is 5. The van der Waals surface area contributed by atoms with E-state index in [9.17, 15) is 14.4 Å². The summed E-state index contributed by atoms with van der Waals surface area (Å²) < 4.78 is 8.59. The zero-order valence-electron chi connectivity index (χ0n) is 20.8. The number of hydrogen-bond donors (Lipinski definition) is 1. The average Bonchev–Trinajstić information content (AvgIpc) is 3.26. The number of carbonyl (C=O) groups is 3. The molecule has 2 aliphatic heterocycles. The highest BCUT2D eigenvalue weighted by Gasteiger charge is 2.28. The van der Waals surface area contributed by atoms with Gasteiger partial charge in [-0.1, -0.05) is 52.8 Å². The zero-order chi connectivity index (χ0) is 26.4. The van der Waals surface area contributed by atoms with Gasteiger partial charge in [0.05, 0.1) is 25.3 Å². The molecular weight excluding hydrogens is 536 g/mol. The molecule has 1 aromatic heterocycles. The number of amides is 2. The number of likely N-dealkylation sites (N-methyl/N-ethyl adjacent to an activating group) is 1. The van der Waals surface area contributed by atoms with Crippen LogP contribution in [0.2, 0.25) is 0 Å². The highest BCUT2D eigenvalue weighted by atomic mass is 79.9. The second kappa shape index (κ2) is 12.3. The number of carbonyl (C=O) groups excluding carboxylic acids is 3. The first-order chi connectivity index (χ1) is 17.9. The summed E-state index contributed by atoms with van der Waals surface area (Å²) >= 11 is 3.48. The Balaban J connectivity index is 0.000000270. The van der Waals surface area contributed by atoms with Gasteiger partial charge in [-0.25, -0.2) is 0 Å². The molecule has 1 N–H and O–H groups in total. The van der Waals surface area contributed by atoms with Crippen molar-refractivity contribution >= 4 is 44.9 Å². The van der Waals surface area contributed by atoms with Gasteiger partial charge in [0.1, 0.15) is 12.4 Å². The third-order valence-corrected chi connectivity index (χ3v) is 7.14. The van der Waals surface area contributed by atoms with Crippen molar-refractivity contribution in [1.82, 2.24) is 19.7 Å². The first kappa shape index (κ1) is 26.8. The molecule has 2 amide bonds. The minimum Gasteiger partial charge on any atom is -0.370 e. The van der Waals surface area contributed by atoms with E-state index in [1.807, 2.05) is 65.0 Å². The summed E-state index contributed by atoms with van der Waals surface area (Å²) in [5.41, 5.74) is 2.56. The standard InChI is InChI=1S/C21H19BrN2O3.C7H12N2O/c22-16-6-7-19-17(12-16)18(13-23(19)8-10-25)21(26)24-9-11-27-20(14-24)15-4-2-1-3-5-15;1-3-7(10)9-4-6(5-9)8-2/h1-7,10,12-13,20H,8-9,11,14H2;3,6,8H,1,4-5H2,2H3. The fourth-order valence-corrected chi connectivity index (χ4v) is 4.88. The van der Waals surface area contributed by atoms with Crippen LogP contribution in [0.3, 0.4) is 0 Å². The minimum absolute atomic E-state index is 0.0338. The molecule has 0 bridgehead atoms. The lowest BCUT2D eigenvalue weighted by molar-refractivity contribution is -0.130. The van der Waals surface area contributed by atoms with Crippen LogP contribution in [0.4, 0.5) is 0 Å². The van der Waals surface area contributed by atoms with Crippen LogP contribution in [0.5, 0.6) is 0 Å². The highest BCUT2D eigenvalue weighted by molar-refractivity contribution is 9.10. The molecule has 2 saturated heterocycles. The van der Waals surface area contributed by atoms with E-state index in [0.29, 0.717) is 31.3 Å².